The van der Waals surface area contributed by atoms with Crippen LogP contribution >= 0.6 is 0 Å². The number of guanidine groups is 1. The van der Waals surface area contributed by atoms with Gasteiger partial charge in [0.1, 0.15) is 0 Å². The Hall–Kier alpha value is -0.780. The number of hydrogen-bond acceptors (Lipinski definition) is 3. The second kappa shape index (κ2) is 8.07. The molecule has 0 aromatic rings. The Balaban J connectivity index is 1.87. The van der Waals surface area contributed by atoms with E-state index in [2.05, 4.69) is 38.3 Å². The molecule has 1 unspecified atom stereocenters. The first-order valence-corrected chi connectivity index (χ1v) is 11.2. The zero-order valence-electron chi connectivity index (χ0n) is 15.8. The van der Waals surface area contributed by atoms with Crippen LogP contribution in [0, 0.1) is 17.3 Å². The van der Waals surface area contributed by atoms with Crippen LogP contribution in [0.4, 0.5) is 0 Å². The molecular weight excluding hydrogens is 322 g/mol. The molecule has 6 heteroatoms. The van der Waals surface area contributed by atoms with E-state index in [-0.39, 0.29) is 5.92 Å². The van der Waals surface area contributed by atoms with Gasteiger partial charge in [-0.2, -0.15) is 0 Å². The van der Waals surface area contributed by atoms with Crippen molar-refractivity contribution >= 4 is 15.8 Å². The number of sulfone groups is 1. The number of rotatable bonds is 5. The van der Waals surface area contributed by atoms with Gasteiger partial charge in [-0.3, -0.25) is 4.99 Å². The minimum Gasteiger partial charge on any atom is -0.356 e. The fraction of sp³-hybridized carbons (Fsp3) is 0.944. The molecule has 1 aliphatic heterocycles. The summed E-state index contributed by atoms with van der Waals surface area (Å²) >= 11 is 0. The van der Waals surface area contributed by atoms with Crippen LogP contribution in [0.3, 0.4) is 0 Å². The number of aliphatic imine (C=N–C) groups is 1. The maximum absolute atomic E-state index is 11.6. The lowest BCUT2D eigenvalue weighted by Crippen LogP contribution is -2.47. The van der Waals surface area contributed by atoms with Crippen LogP contribution in [0.5, 0.6) is 0 Å². The smallest absolute Gasteiger partial charge is 0.191 e. The van der Waals surface area contributed by atoms with Gasteiger partial charge in [0, 0.05) is 19.1 Å². The molecule has 0 amide bonds. The van der Waals surface area contributed by atoms with E-state index in [1.54, 1.807) is 0 Å². The van der Waals surface area contributed by atoms with Gasteiger partial charge in [0.05, 0.1) is 11.5 Å². The molecule has 2 aliphatic rings. The van der Waals surface area contributed by atoms with Crippen LogP contribution < -0.4 is 10.6 Å². The molecule has 0 radical (unpaired) electrons. The second-order valence-corrected chi connectivity index (χ2v) is 11.0. The monoisotopic (exact) mass is 357 g/mol. The number of hydrogen-bond donors (Lipinski definition) is 2. The Morgan fingerprint density at radius 1 is 1.21 bits per heavy atom. The highest BCUT2D eigenvalue weighted by Gasteiger charge is 2.29. The van der Waals surface area contributed by atoms with Gasteiger partial charge in [-0.05, 0) is 49.4 Å². The standard InChI is InChI=1S/C18H35N3O2S/c1-14(2)11-19-17(20-12-15-7-10-24(22,23)13-15)21-16-5-8-18(3,4)9-6-16/h14-16H,5-13H2,1-4H3,(H2,19,20,21). The van der Waals surface area contributed by atoms with Crippen molar-refractivity contribution in [2.24, 2.45) is 22.2 Å². The third kappa shape index (κ3) is 6.61. The van der Waals surface area contributed by atoms with Gasteiger partial charge < -0.3 is 10.6 Å². The number of nitrogens with one attached hydrogen (secondary N) is 2. The van der Waals surface area contributed by atoms with Crippen LogP contribution in [0.1, 0.15) is 59.8 Å². The molecule has 0 aromatic carbocycles. The molecule has 2 rings (SSSR count). The summed E-state index contributed by atoms with van der Waals surface area (Å²) in [6, 6.07) is 0.476. The summed E-state index contributed by atoms with van der Waals surface area (Å²) < 4.78 is 23.2. The van der Waals surface area contributed by atoms with Gasteiger partial charge in [-0.15, -0.1) is 0 Å². The number of nitrogens with zero attached hydrogens (tertiary/aromatic N) is 1. The van der Waals surface area contributed by atoms with E-state index < -0.39 is 9.84 Å². The summed E-state index contributed by atoms with van der Waals surface area (Å²) in [4.78, 5) is 4.70. The van der Waals surface area contributed by atoms with Crippen LogP contribution in [0.15, 0.2) is 4.99 Å². The SMILES string of the molecule is CC(C)CN=C(NCC1CCS(=O)(=O)C1)NC1CCC(C)(C)CC1. The molecule has 2 N–H and O–H groups in total. The lowest BCUT2D eigenvalue weighted by molar-refractivity contribution is 0.216. The predicted molar refractivity (Wildman–Crippen MR) is 101 cm³/mol. The minimum atomic E-state index is -2.81. The van der Waals surface area contributed by atoms with Gasteiger partial charge in [-0.25, -0.2) is 8.42 Å². The lowest BCUT2D eigenvalue weighted by atomic mass is 9.75. The van der Waals surface area contributed by atoms with Crippen molar-refractivity contribution in [1.82, 2.24) is 10.6 Å². The fourth-order valence-electron chi connectivity index (χ4n) is 3.44. The highest BCUT2D eigenvalue weighted by atomic mass is 32.2. The van der Waals surface area contributed by atoms with Crippen molar-refractivity contribution < 1.29 is 8.42 Å². The van der Waals surface area contributed by atoms with Crippen molar-refractivity contribution in [2.75, 3.05) is 24.6 Å². The quantitative estimate of drug-likeness (QED) is 0.586. The Morgan fingerprint density at radius 2 is 1.88 bits per heavy atom. The molecule has 5 nitrogen and oxygen atoms in total. The Bertz CT molecular complexity index is 530. The first-order valence-electron chi connectivity index (χ1n) is 9.40. The summed E-state index contributed by atoms with van der Waals surface area (Å²) in [5.74, 6) is 2.24. The molecule has 140 valence electrons. The van der Waals surface area contributed by atoms with E-state index in [4.69, 9.17) is 4.99 Å². The lowest BCUT2D eigenvalue weighted by Gasteiger charge is -2.35. The summed E-state index contributed by atoms with van der Waals surface area (Å²) in [5.41, 5.74) is 0.457. The van der Waals surface area contributed by atoms with E-state index in [9.17, 15) is 8.42 Å². The topological polar surface area (TPSA) is 70.6 Å². The molecule has 0 bridgehead atoms. The second-order valence-electron chi connectivity index (χ2n) is 8.82. The third-order valence-electron chi connectivity index (χ3n) is 5.18. The minimum absolute atomic E-state index is 0.214. The van der Waals surface area contributed by atoms with E-state index >= 15 is 0 Å². The normalized spacial score (nSPS) is 27.4. The van der Waals surface area contributed by atoms with Crippen molar-refractivity contribution in [3.63, 3.8) is 0 Å². The summed E-state index contributed by atoms with van der Waals surface area (Å²) in [7, 11) is -2.81. The Morgan fingerprint density at radius 3 is 2.42 bits per heavy atom. The van der Waals surface area contributed by atoms with E-state index in [0.29, 0.717) is 35.4 Å². The summed E-state index contributed by atoms with van der Waals surface area (Å²) in [6.45, 7) is 10.5. The van der Waals surface area contributed by atoms with Crippen molar-refractivity contribution in [3.05, 3.63) is 0 Å². The molecule has 1 saturated carbocycles. The van der Waals surface area contributed by atoms with Gasteiger partial charge in [0.2, 0.25) is 0 Å². The molecular formula is C18H35N3O2S. The molecule has 1 atom stereocenters. The maximum atomic E-state index is 11.6. The fourth-order valence-corrected chi connectivity index (χ4v) is 5.30. The highest BCUT2D eigenvalue weighted by molar-refractivity contribution is 7.91. The zero-order valence-corrected chi connectivity index (χ0v) is 16.6. The van der Waals surface area contributed by atoms with Gasteiger partial charge in [0.25, 0.3) is 0 Å². The van der Waals surface area contributed by atoms with Gasteiger partial charge in [0.15, 0.2) is 15.8 Å². The molecule has 1 heterocycles. The van der Waals surface area contributed by atoms with Gasteiger partial charge >= 0.3 is 0 Å². The van der Waals surface area contributed by atoms with Crippen molar-refractivity contribution in [1.29, 1.82) is 0 Å². The molecule has 2 fully saturated rings. The van der Waals surface area contributed by atoms with Crippen molar-refractivity contribution in [2.45, 2.75) is 65.8 Å². The van der Waals surface area contributed by atoms with Gasteiger partial charge in [-0.1, -0.05) is 27.7 Å². The summed E-state index contributed by atoms with van der Waals surface area (Å²) in [6.07, 6.45) is 5.59. The summed E-state index contributed by atoms with van der Waals surface area (Å²) in [5, 5.41) is 6.98. The predicted octanol–water partition coefficient (Wildman–Crippen LogP) is 2.58. The first-order chi connectivity index (χ1) is 11.2. The van der Waals surface area contributed by atoms with E-state index in [1.165, 1.54) is 25.7 Å². The van der Waals surface area contributed by atoms with E-state index in [0.717, 1.165) is 18.9 Å². The first kappa shape index (κ1) is 19.5. The van der Waals surface area contributed by atoms with Crippen LogP contribution in [0.25, 0.3) is 0 Å². The highest BCUT2D eigenvalue weighted by Crippen LogP contribution is 2.34. The van der Waals surface area contributed by atoms with Crippen LogP contribution in [-0.2, 0) is 9.84 Å². The average molecular weight is 358 g/mol. The Kier molecular flexibility index (Phi) is 6.57. The molecule has 24 heavy (non-hydrogen) atoms. The zero-order chi connectivity index (χ0) is 17.8. The van der Waals surface area contributed by atoms with Crippen molar-refractivity contribution in [3.8, 4) is 0 Å². The molecule has 0 aromatic heterocycles. The largest absolute Gasteiger partial charge is 0.356 e. The van der Waals surface area contributed by atoms with E-state index in [1.807, 2.05) is 0 Å². The molecule has 1 aliphatic carbocycles. The maximum Gasteiger partial charge on any atom is 0.191 e. The van der Waals surface area contributed by atoms with Crippen LogP contribution in [-0.4, -0.2) is 45.0 Å². The third-order valence-corrected chi connectivity index (χ3v) is 7.02. The molecule has 0 spiro atoms. The molecule has 1 saturated heterocycles. The van der Waals surface area contributed by atoms with Crippen LogP contribution in [0.2, 0.25) is 0 Å². The average Bonchev–Trinajstić information content (AvgIpc) is 2.83. The Labute approximate surface area is 148 Å².